The molecule has 0 spiro atoms. The zero-order valence-corrected chi connectivity index (χ0v) is 11.6. The molecule has 0 radical (unpaired) electrons. The first-order valence-electron chi connectivity index (χ1n) is 7.33. The molecule has 0 atom stereocenters. The van der Waals surface area contributed by atoms with E-state index in [9.17, 15) is 0 Å². The van der Waals surface area contributed by atoms with Crippen molar-refractivity contribution in [2.45, 2.75) is 39.2 Å². The Morgan fingerprint density at radius 2 is 1.78 bits per heavy atom. The summed E-state index contributed by atoms with van der Waals surface area (Å²) in [5.41, 5.74) is 2.73. The number of hydrogen-bond acceptors (Lipinski definition) is 2. The van der Waals surface area contributed by atoms with Gasteiger partial charge < -0.3 is 10.2 Å². The molecule has 1 heterocycles. The van der Waals surface area contributed by atoms with Crippen LogP contribution in [0.15, 0.2) is 24.3 Å². The van der Waals surface area contributed by atoms with Gasteiger partial charge in [0, 0.05) is 6.54 Å². The molecule has 0 bridgehead atoms. The molecular formula is C16H26N2. The third-order valence-electron chi connectivity index (χ3n) is 3.73. The molecule has 1 fully saturated rings. The van der Waals surface area contributed by atoms with Gasteiger partial charge in [-0.25, -0.2) is 0 Å². The van der Waals surface area contributed by atoms with Crippen LogP contribution in [0.5, 0.6) is 0 Å². The van der Waals surface area contributed by atoms with E-state index in [4.69, 9.17) is 0 Å². The van der Waals surface area contributed by atoms with Crippen molar-refractivity contribution in [3.63, 3.8) is 0 Å². The first-order valence-corrected chi connectivity index (χ1v) is 7.33. The lowest BCUT2D eigenvalue weighted by Crippen LogP contribution is -2.22. The van der Waals surface area contributed by atoms with Gasteiger partial charge in [-0.1, -0.05) is 29.8 Å². The van der Waals surface area contributed by atoms with E-state index in [-0.39, 0.29) is 0 Å². The number of rotatable bonds is 7. The van der Waals surface area contributed by atoms with Crippen LogP contribution in [-0.4, -0.2) is 31.1 Å². The van der Waals surface area contributed by atoms with Crippen LogP contribution in [-0.2, 0) is 6.54 Å². The second kappa shape index (κ2) is 7.55. The summed E-state index contributed by atoms with van der Waals surface area (Å²) in [5, 5.41) is 3.53. The Morgan fingerprint density at radius 1 is 1.06 bits per heavy atom. The van der Waals surface area contributed by atoms with Crippen LogP contribution in [0, 0.1) is 6.92 Å². The molecule has 1 aromatic rings. The highest BCUT2D eigenvalue weighted by atomic mass is 15.1. The fourth-order valence-corrected chi connectivity index (χ4v) is 2.53. The van der Waals surface area contributed by atoms with E-state index in [1.165, 1.54) is 56.4 Å². The molecule has 18 heavy (non-hydrogen) atoms. The molecule has 1 aliphatic heterocycles. The van der Waals surface area contributed by atoms with Gasteiger partial charge in [0.05, 0.1) is 0 Å². The average Bonchev–Trinajstić information content (AvgIpc) is 2.89. The molecule has 2 heteroatoms. The molecule has 1 N–H and O–H groups in total. The molecule has 0 unspecified atom stereocenters. The number of benzene rings is 1. The zero-order valence-electron chi connectivity index (χ0n) is 11.6. The first kappa shape index (κ1) is 13.6. The Balaban J connectivity index is 1.49. The molecular weight excluding hydrogens is 220 g/mol. The van der Waals surface area contributed by atoms with Gasteiger partial charge >= 0.3 is 0 Å². The summed E-state index contributed by atoms with van der Waals surface area (Å²) in [5.74, 6) is 0. The summed E-state index contributed by atoms with van der Waals surface area (Å²) >= 11 is 0. The number of likely N-dealkylation sites (tertiary alicyclic amines) is 1. The third-order valence-corrected chi connectivity index (χ3v) is 3.73. The molecule has 100 valence electrons. The lowest BCUT2D eigenvalue weighted by molar-refractivity contribution is 0.329. The molecule has 0 amide bonds. The minimum atomic E-state index is 1.00. The number of nitrogens with zero attached hydrogens (tertiary/aromatic N) is 1. The van der Waals surface area contributed by atoms with Crippen molar-refractivity contribution in [2.24, 2.45) is 0 Å². The van der Waals surface area contributed by atoms with E-state index < -0.39 is 0 Å². The van der Waals surface area contributed by atoms with Crippen molar-refractivity contribution in [1.82, 2.24) is 10.2 Å². The van der Waals surface area contributed by atoms with Crippen molar-refractivity contribution in [1.29, 1.82) is 0 Å². The maximum Gasteiger partial charge on any atom is 0.0205 e. The second-order valence-electron chi connectivity index (χ2n) is 5.42. The largest absolute Gasteiger partial charge is 0.313 e. The van der Waals surface area contributed by atoms with Crippen LogP contribution < -0.4 is 5.32 Å². The minimum absolute atomic E-state index is 1.00. The van der Waals surface area contributed by atoms with Crippen LogP contribution in [0.25, 0.3) is 0 Å². The zero-order chi connectivity index (χ0) is 12.6. The highest BCUT2D eigenvalue weighted by Crippen LogP contribution is 2.08. The average molecular weight is 246 g/mol. The van der Waals surface area contributed by atoms with Gasteiger partial charge in [0.25, 0.3) is 0 Å². The molecule has 2 nitrogen and oxygen atoms in total. The lowest BCUT2D eigenvalue weighted by Gasteiger charge is -2.14. The maximum atomic E-state index is 3.53. The third kappa shape index (κ3) is 4.79. The van der Waals surface area contributed by atoms with E-state index in [2.05, 4.69) is 41.4 Å². The SMILES string of the molecule is Cc1ccc(CNCCCCN2CCCC2)cc1. The number of aryl methyl sites for hydroxylation is 1. The van der Waals surface area contributed by atoms with E-state index in [1.54, 1.807) is 0 Å². The van der Waals surface area contributed by atoms with E-state index >= 15 is 0 Å². The van der Waals surface area contributed by atoms with Gasteiger partial charge in [-0.05, 0) is 64.3 Å². The summed E-state index contributed by atoms with van der Waals surface area (Å²) in [6, 6.07) is 8.80. The Kier molecular flexibility index (Phi) is 5.69. The van der Waals surface area contributed by atoms with Crippen molar-refractivity contribution in [2.75, 3.05) is 26.2 Å². The fraction of sp³-hybridized carbons (Fsp3) is 0.625. The van der Waals surface area contributed by atoms with Crippen LogP contribution >= 0.6 is 0 Å². The highest BCUT2D eigenvalue weighted by Gasteiger charge is 2.09. The Morgan fingerprint density at radius 3 is 2.50 bits per heavy atom. The van der Waals surface area contributed by atoms with Crippen LogP contribution in [0.4, 0.5) is 0 Å². The molecule has 0 aliphatic carbocycles. The smallest absolute Gasteiger partial charge is 0.0205 e. The summed E-state index contributed by atoms with van der Waals surface area (Å²) in [6.45, 7) is 8.24. The second-order valence-corrected chi connectivity index (χ2v) is 5.42. The van der Waals surface area contributed by atoms with Gasteiger partial charge in [0.2, 0.25) is 0 Å². The van der Waals surface area contributed by atoms with Crippen LogP contribution in [0.1, 0.15) is 36.8 Å². The topological polar surface area (TPSA) is 15.3 Å². The normalized spacial score (nSPS) is 16.3. The highest BCUT2D eigenvalue weighted by molar-refractivity contribution is 5.20. The van der Waals surface area contributed by atoms with E-state index in [0.29, 0.717) is 0 Å². The monoisotopic (exact) mass is 246 g/mol. The number of hydrogen-bond donors (Lipinski definition) is 1. The summed E-state index contributed by atoms with van der Waals surface area (Å²) in [7, 11) is 0. The van der Waals surface area contributed by atoms with Crippen molar-refractivity contribution >= 4 is 0 Å². The summed E-state index contributed by atoms with van der Waals surface area (Å²) in [4.78, 5) is 2.60. The fourth-order valence-electron chi connectivity index (χ4n) is 2.53. The standard InChI is InChI=1S/C16H26N2/c1-15-6-8-16(9-7-15)14-17-10-2-3-11-18-12-4-5-13-18/h6-9,17H,2-5,10-14H2,1H3. The summed E-state index contributed by atoms with van der Waals surface area (Å²) < 4.78 is 0. The quantitative estimate of drug-likeness (QED) is 0.744. The van der Waals surface area contributed by atoms with Gasteiger partial charge in [0.1, 0.15) is 0 Å². The number of nitrogens with one attached hydrogen (secondary N) is 1. The van der Waals surface area contributed by atoms with Crippen molar-refractivity contribution < 1.29 is 0 Å². The Labute approximate surface area is 111 Å². The van der Waals surface area contributed by atoms with Crippen LogP contribution in [0.2, 0.25) is 0 Å². The summed E-state index contributed by atoms with van der Waals surface area (Å²) in [6.07, 6.45) is 5.45. The van der Waals surface area contributed by atoms with Crippen molar-refractivity contribution in [3.8, 4) is 0 Å². The van der Waals surface area contributed by atoms with Gasteiger partial charge in [-0.2, -0.15) is 0 Å². The first-order chi connectivity index (χ1) is 8.84. The predicted molar refractivity (Wildman–Crippen MR) is 77.8 cm³/mol. The minimum Gasteiger partial charge on any atom is -0.313 e. The molecule has 0 aromatic heterocycles. The number of unbranched alkanes of at least 4 members (excludes halogenated alkanes) is 1. The maximum absolute atomic E-state index is 3.53. The van der Waals surface area contributed by atoms with Crippen LogP contribution in [0.3, 0.4) is 0 Å². The molecule has 1 saturated heterocycles. The van der Waals surface area contributed by atoms with Gasteiger partial charge in [-0.3, -0.25) is 0 Å². The van der Waals surface area contributed by atoms with Gasteiger partial charge in [-0.15, -0.1) is 0 Å². The molecule has 1 aliphatic rings. The van der Waals surface area contributed by atoms with E-state index in [0.717, 1.165) is 13.1 Å². The predicted octanol–water partition coefficient (Wildman–Crippen LogP) is 2.96. The molecule has 2 rings (SSSR count). The van der Waals surface area contributed by atoms with Crippen molar-refractivity contribution in [3.05, 3.63) is 35.4 Å². The lowest BCUT2D eigenvalue weighted by atomic mass is 10.1. The van der Waals surface area contributed by atoms with E-state index in [1.807, 2.05) is 0 Å². The molecule has 0 saturated carbocycles. The Hall–Kier alpha value is -0.860. The van der Waals surface area contributed by atoms with Gasteiger partial charge in [0.15, 0.2) is 0 Å². The molecule has 1 aromatic carbocycles. The Bertz CT molecular complexity index is 325.